The molecular weight excluding hydrogens is 559 g/mol. The Morgan fingerprint density at radius 1 is 1.03 bits per heavy atom. The second kappa shape index (κ2) is 13.3. The molecule has 0 unspecified atom stereocenters. The molecule has 1 fully saturated rings. The zero-order chi connectivity index (χ0) is 28.6. The van der Waals surface area contributed by atoms with Gasteiger partial charge in [0, 0.05) is 30.5 Å². The second-order valence-electron chi connectivity index (χ2n) is 9.04. The fourth-order valence-electron chi connectivity index (χ4n) is 4.17. The van der Waals surface area contributed by atoms with E-state index in [9.17, 15) is 21.6 Å². The molecule has 0 spiro atoms. The van der Waals surface area contributed by atoms with Crippen LogP contribution < -0.4 is 15.4 Å². The fraction of sp³-hybridized carbons (Fsp3) is 0.400. The van der Waals surface area contributed by atoms with Gasteiger partial charge in [-0.1, -0.05) is 29.8 Å². The third kappa shape index (κ3) is 8.94. The van der Waals surface area contributed by atoms with Crippen LogP contribution in [0, 0.1) is 11.8 Å². The van der Waals surface area contributed by atoms with Gasteiger partial charge in [0.15, 0.2) is 0 Å². The molecule has 39 heavy (non-hydrogen) atoms. The molecule has 0 radical (unpaired) electrons. The van der Waals surface area contributed by atoms with Crippen molar-refractivity contribution >= 4 is 50.3 Å². The molecule has 0 aliphatic heterocycles. The van der Waals surface area contributed by atoms with E-state index < -0.39 is 22.2 Å². The van der Waals surface area contributed by atoms with Crippen LogP contribution in [0.5, 0.6) is 0 Å². The smallest absolute Gasteiger partial charge is 0.475 e. The molecule has 0 saturated heterocycles. The third-order valence-electron chi connectivity index (χ3n) is 6.27. The van der Waals surface area contributed by atoms with Crippen LogP contribution in [0.25, 0.3) is 10.9 Å². The maximum atomic E-state index is 12.5. The van der Waals surface area contributed by atoms with Gasteiger partial charge < -0.3 is 15.7 Å². The number of aromatic nitrogens is 2. The molecule has 3 aromatic rings. The van der Waals surface area contributed by atoms with Gasteiger partial charge in [-0.05, 0) is 67.9 Å². The second-order valence-corrected chi connectivity index (χ2v) is 11.2. The lowest BCUT2D eigenvalue weighted by Gasteiger charge is -2.28. The van der Waals surface area contributed by atoms with Crippen molar-refractivity contribution in [2.24, 2.45) is 11.8 Å². The Labute approximate surface area is 229 Å². The molecule has 1 aromatic heterocycles. The van der Waals surface area contributed by atoms with Crippen molar-refractivity contribution < 1.29 is 31.5 Å². The van der Waals surface area contributed by atoms with Crippen LogP contribution in [0.15, 0.2) is 53.4 Å². The first-order chi connectivity index (χ1) is 18.4. The molecule has 2 aromatic carbocycles. The largest absolute Gasteiger partial charge is 0.490 e. The number of rotatable bonds is 8. The summed E-state index contributed by atoms with van der Waals surface area (Å²) in [6.45, 7) is 1.26. The lowest BCUT2D eigenvalue weighted by atomic mass is 9.82. The molecular formula is C25H29ClF3N5O4S. The average molecular weight is 588 g/mol. The van der Waals surface area contributed by atoms with Gasteiger partial charge in [0.05, 0.1) is 10.4 Å². The minimum absolute atomic E-state index is 0.208. The summed E-state index contributed by atoms with van der Waals surface area (Å²) < 4.78 is 59.5. The SMILES string of the molecule is CNc1nc(NCC2CCC(CNS(=O)(=O)c3cccc(Cl)c3)CC2)nc2ccccc12.O=C(O)C(F)(F)F. The summed E-state index contributed by atoms with van der Waals surface area (Å²) in [7, 11) is -1.67. The van der Waals surface area contributed by atoms with Gasteiger partial charge in [0.2, 0.25) is 16.0 Å². The van der Waals surface area contributed by atoms with Crippen molar-refractivity contribution in [1.29, 1.82) is 0 Å². The van der Waals surface area contributed by atoms with Crippen molar-refractivity contribution in [2.45, 2.75) is 36.8 Å². The van der Waals surface area contributed by atoms with Crippen LogP contribution in [0.2, 0.25) is 5.02 Å². The van der Waals surface area contributed by atoms with Gasteiger partial charge in [-0.25, -0.2) is 22.9 Å². The number of benzene rings is 2. The van der Waals surface area contributed by atoms with Crippen molar-refractivity contribution in [2.75, 3.05) is 30.8 Å². The predicted octanol–water partition coefficient (Wildman–Crippen LogP) is 5.16. The number of sulfonamides is 1. The standard InChI is InChI=1S/C23H28ClN5O2S.C2HF3O2/c1-25-22-20-7-2-3-8-21(20)28-23(29-22)26-14-16-9-11-17(12-10-16)15-27-32(30,31)19-6-4-5-18(24)13-19;3-2(4,5)1(6)7/h2-8,13,16-17,27H,9-12,14-15H2,1H3,(H2,25,26,28,29);(H,6,7). The Balaban J connectivity index is 0.000000532. The first kappa shape index (κ1) is 30.4. The van der Waals surface area contributed by atoms with Crippen LogP contribution in [0.4, 0.5) is 24.9 Å². The van der Waals surface area contributed by atoms with Crippen LogP contribution >= 0.6 is 11.6 Å². The monoisotopic (exact) mass is 587 g/mol. The van der Waals surface area contributed by atoms with Gasteiger partial charge in [-0.2, -0.15) is 18.2 Å². The molecule has 0 bridgehead atoms. The summed E-state index contributed by atoms with van der Waals surface area (Å²) >= 11 is 5.92. The zero-order valence-electron chi connectivity index (χ0n) is 21.0. The highest BCUT2D eigenvalue weighted by atomic mass is 35.5. The summed E-state index contributed by atoms with van der Waals surface area (Å²) in [5.74, 6) is -0.456. The van der Waals surface area contributed by atoms with Crippen molar-refractivity contribution in [3.8, 4) is 0 Å². The van der Waals surface area contributed by atoms with E-state index in [1.807, 2.05) is 31.3 Å². The van der Waals surface area contributed by atoms with E-state index >= 15 is 0 Å². The van der Waals surface area contributed by atoms with E-state index in [0.29, 0.717) is 29.4 Å². The van der Waals surface area contributed by atoms with Gasteiger partial charge in [-0.15, -0.1) is 0 Å². The van der Waals surface area contributed by atoms with Crippen LogP contribution in [-0.4, -0.2) is 55.8 Å². The average Bonchev–Trinajstić information content (AvgIpc) is 2.90. The molecule has 14 heteroatoms. The topological polar surface area (TPSA) is 133 Å². The Bertz CT molecular complexity index is 1380. The van der Waals surface area contributed by atoms with Gasteiger partial charge in [-0.3, -0.25) is 0 Å². The van der Waals surface area contributed by atoms with E-state index in [1.54, 1.807) is 18.2 Å². The van der Waals surface area contributed by atoms with Crippen molar-refractivity contribution in [3.05, 3.63) is 53.6 Å². The zero-order valence-corrected chi connectivity index (χ0v) is 22.6. The number of hydrogen-bond donors (Lipinski definition) is 4. The van der Waals surface area contributed by atoms with E-state index in [-0.39, 0.29) is 4.90 Å². The molecule has 4 N–H and O–H groups in total. The highest BCUT2D eigenvalue weighted by molar-refractivity contribution is 7.89. The number of carbonyl (C=O) groups is 1. The van der Waals surface area contributed by atoms with Crippen LogP contribution in [0.1, 0.15) is 25.7 Å². The highest BCUT2D eigenvalue weighted by Crippen LogP contribution is 2.29. The number of nitrogens with one attached hydrogen (secondary N) is 3. The summed E-state index contributed by atoms with van der Waals surface area (Å²) in [5, 5.41) is 15.1. The lowest BCUT2D eigenvalue weighted by molar-refractivity contribution is -0.192. The minimum Gasteiger partial charge on any atom is -0.475 e. The number of carboxylic acids is 1. The number of alkyl halides is 3. The number of fused-ring (bicyclic) bond motifs is 1. The molecule has 1 heterocycles. The number of para-hydroxylation sites is 1. The quantitative estimate of drug-likeness (QED) is 0.284. The Morgan fingerprint density at radius 2 is 1.64 bits per heavy atom. The number of nitrogens with zero attached hydrogens (tertiary/aromatic N) is 2. The number of hydrogen-bond acceptors (Lipinski definition) is 7. The summed E-state index contributed by atoms with van der Waals surface area (Å²) in [6.07, 6.45) is -1.01. The molecule has 1 saturated carbocycles. The maximum absolute atomic E-state index is 12.5. The van der Waals surface area contributed by atoms with E-state index in [0.717, 1.165) is 48.9 Å². The maximum Gasteiger partial charge on any atom is 0.490 e. The van der Waals surface area contributed by atoms with E-state index in [4.69, 9.17) is 21.5 Å². The summed E-state index contributed by atoms with van der Waals surface area (Å²) in [4.78, 5) is 18.3. The Hall–Kier alpha value is -3.16. The third-order valence-corrected chi connectivity index (χ3v) is 7.92. The number of anilines is 2. The molecule has 0 amide bonds. The number of halogens is 4. The Morgan fingerprint density at radius 3 is 2.23 bits per heavy atom. The van der Waals surface area contributed by atoms with Gasteiger partial charge in [0.1, 0.15) is 5.82 Å². The highest BCUT2D eigenvalue weighted by Gasteiger charge is 2.38. The minimum atomic E-state index is -5.08. The van der Waals surface area contributed by atoms with Crippen LogP contribution in [0.3, 0.4) is 0 Å². The molecule has 0 atom stereocenters. The van der Waals surface area contributed by atoms with E-state index in [1.165, 1.54) is 6.07 Å². The predicted molar refractivity (Wildman–Crippen MR) is 143 cm³/mol. The first-order valence-corrected chi connectivity index (χ1v) is 14.0. The molecule has 9 nitrogen and oxygen atoms in total. The van der Waals surface area contributed by atoms with Crippen molar-refractivity contribution in [3.63, 3.8) is 0 Å². The molecule has 4 rings (SSSR count). The lowest BCUT2D eigenvalue weighted by Crippen LogP contribution is -2.32. The Kier molecular flexibility index (Phi) is 10.3. The van der Waals surface area contributed by atoms with Gasteiger partial charge >= 0.3 is 12.1 Å². The fourth-order valence-corrected chi connectivity index (χ4v) is 5.58. The first-order valence-electron chi connectivity index (χ1n) is 12.1. The number of aliphatic carboxylic acids is 1. The molecule has 212 valence electrons. The molecule has 1 aliphatic carbocycles. The normalized spacial score (nSPS) is 17.7. The summed E-state index contributed by atoms with van der Waals surface area (Å²) in [6, 6.07) is 14.3. The van der Waals surface area contributed by atoms with Crippen LogP contribution in [-0.2, 0) is 14.8 Å². The van der Waals surface area contributed by atoms with E-state index in [2.05, 4.69) is 25.3 Å². The molecule has 1 aliphatic rings. The summed E-state index contributed by atoms with van der Waals surface area (Å²) in [5.41, 5.74) is 0.907. The van der Waals surface area contributed by atoms with Crippen molar-refractivity contribution in [1.82, 2.24) is 14.7 Å². The number of carboxylic acid groups (broad SMARTS) is 1. The van der Waals surface area contributed by atoms with Gasteiger partial charge in [0.25, 0.3) is 0 Å².